The Morgan fingerprint density at radius 1 is 1.05 bits per heavy atom. The molecule has 0 aliphatic rings. The van der Waals surface area contributed by atoms with Crippen LogP contribution in [0.4, 0.5) is 10.1 Å². The van der Waals surface area contributed by atoms with Gasteiger partial charge in [-0.05, 0) is 31.5 Å². The van der Waals surface area contributed by atoms with Crippen LogP contribution in [0, 0.1) is 5.82 Å². The van der Waals surface area contributed by atoms with Gasteiger partial charge in [0.25, 0.3) is 0 Å². The van der Waals surface area contributed by atoms with E-state index in [9.17, 15) is 4.39 Å². The topological polar surface area (TPSA) is 29.3 Å². The number of nitrogen functional groups attached to an aromatic ring is 1. The minimum absolute atomic E-state index is 0.233. The SMILES string of the molecule is CC(C)N(Cc1ccccc1)Cc1ccc(N)cc1F. The van der Waals surface area contributed by atoms with Crippen molar-refractivity contribution in [3.63, 3.8) is 0 Å². The molecule has 2 aromatic rings. The van der Waals surface area contributed by atoms with Gasteiger partial charge in [0.05, 0.1) is 0 Å². The van der Waals surface area contributed by atoms with Crippen molar-refractivity contribution in [2.24, 2.45) is 0 Å². The molecule has 0 aliphatic carbocycles. The van der Waals surface area contributed by atoms with E-state index in [0.717, 1.165) is 6.54 Å². The van der Waals surface area contributed by atoms with Gasteiger partial charge >= 0.3 is 0 Å². The molecule has 106 valence electrons. The number of rotatable bonds is 5. The highest BCUT2D eigenvalue weighted by Gasteiger charge is 2.13. The van der Waals surface area contributed by atoms with E-state index in [1.807, 2.05) is 18.2 Å². The van der Waals surface area contributed by atoms with Crippen LogP contribution in [-0.4, -0.2) is 10.9 Å². The van der Waals surface area contributed by atoms with Crippen LogP contribution in [-0.2, 0) is 13.1 Å². The zero-order valence-electron chi connectivity index (χ0n) is 12.0. The Balaban J connectivity index is 2.13. The second-order valence-corrected chi connectivity index (χ2v) is 5.34. The predicted octanol–water partition coefficient (Wildman–Crippen LogP) is 3.82. The van der Waals surface area contributed by atoms with Crippen LogP contribution in [0.1, 0.15) is 25.0 Å². The van der Waals surface area contributed by atoms with E-state index >= 15 is 0 Å². The molecule has 0 bridgehead atoms. The molecule has 0 fully saturated rings. The van der Waals surface area contributed by atoms with Crippen molar-refractivity contribution in [1.29, 1.82) is 0 Å². The van der Waals surface area contributed by atoms with Crippen molar-refractivity contribution in [3.05, 3.63) is 65.5 Å². The zero-order chi connectivity index (χ0) is 14.5. The van der Waals surface area contributed by atoms with Crippen molar-refractivity contribution in [2.45, 2.75) is 33.0 Å². The third kappa shape index (κ3) is 3.81. The first kappa shape index (κ1) is 14.5. The molecule has 0 spiro atoms. The highest BCUT2D eigenvalue weighted by atomic mass is 19.1. The Bertz CT molecular complexity index is 552. The normalized spacial score (nSPS) is 11.2. The highest BCUT2D eigenvalue weighted by Crippen LogP contribution is 2.17. The number of nitrogens with zero attached hydrogens (tertiary/aromatic N) is 1. The number of benzene rings is 2. The maximum Gasteiger partial charge on any atom is 0.129 e. The fourth-order valence-corrected chi connectivity index (χ4v) is 2.15. The first-order valence-corrected chi connectivity index (χ1v) is 6.88. The molecule has 2 rings (SSSR count). The zero-order valence-corrected chi connectivity index (χ0v) is 12.0. The molecule has 3 heteroatoms. The fourth-order valence-electron chi connectivity index (χ4n) is 2.15. The molecule has 0 unspecified atom stereocenters. The summed E-state index contributed by atoms with van der Waals surface area (Å²) < 4.78 is 13.9. The molecule has 0 heterocycles. The maximum absolute atomic E-state index is 13.9. The highest BCUT2D eigenvalue weighted by molar-refractivity contribution is 5.40. The molecule has 0 atom stereocenters. The number of anilines is 1. The average molecular weight is 272 g/mol. The van der Waals surface area contributed by atoms with Crippen LogP contribution in [0.5, 0.6) is 0 Å². The average Bonchev–Trinajstić information content (AvgIpc) is 2.42. The second-order valence-electron chi connectivity index (χ2n) is 5.34. The minimum Gasteiger partial charge on any atom is -0.399 e. The van der Waals surface area contributed by atoms with E-state index in [-0.39, 0.29) is 5.82 Å². The van der Waals surface area contributed by atoms with Crippen molar-refractivity contribution in [3.8, 4) is 0 Å². The summed E-state index contributed by atoms with van der Waals surface area (Å²) in [5.41, 5.74) is 7.97. The monoisotopic (exact) mass is 272 g/mol. The first-order valence-electron chi connectivity index (χ1n) is 6.88. The van der Waals surface area contributed by atoms with Crippen LogP contribution in [0.15, 0.2) is 48.5 Å². The smallest absolute Gasteiger partial charge is 0.129 e. The summed E-state index contributed by atoms with van der Waals surface area (Å²) in [5, 5.41) is 0. The van der Waals surface area contributed by atoms with Crippen LogP contribution in [0.2, 0.25) is 0 Å². The largest absolute Gasteiger partial charge is 0.399 e. The van der Waals surface area contributed by atoms with Gasteiger partial charge in [0, 0.05) is 30.4 Å². The lowest BCUT2D eigenvalue weighted by Gasteiger charge is -2.27. The van der Waals surface area contributed by atoms with Crippen molar-refractivity contribution in [2.75, 3.05) is 5.73 Å². The molecule has 2 nitrogen and oxygen atoms in total. The molecular formula is C17H21FN2. The third-order valence-electron chi connectivity index (χ3n) is 3.41. The molecule has 20 heavy (non-hydrogen) atoms. The minimum atomic E-state index is -0.233. The lowest BCUT2D eigenvalue weighted by atomic mass is 10.1. The molecular weight excluding hydrogens is 251 g/mol. The van der Waals surface area contributed by atoms with E-state index in [1.54, 1.807) is 12.1 Å². The summed E-state index contributed by atoms with van der Waals surface area (Å²) in [6.45, 7) is 5.64. The van der Waals surface area contributed by atoms with Gasteiger partial charge in [-0.15, -0.1) is 0 Å². The summed E-state index contributed by atoms with van der Waals surface area (Å²) in [6.07, 6.45) is 0. The van der Waals surface area contributed by atoms with Crippen molar-refractivity contribution >= 4 is 5.69 Å². The van der Waals surface area contributed by atoms with Crippen molar-refractivity contribution < 1.29 is 4.39 Å². The summed E-state index contributed by atoms with van der Waals surface area (Å²) >= 11 is 0. The number of halogens is 1. The van der Waals surface area contributed by atoms with Gasteiger partial charge in [-0.3, -0.25) is 4.90 Å². The molecule has 0 radical (unpaired) electrons. The van der Waals surface area contributed by atoms with Crippen molar-refractivity contribution in [1.82, 2.24) is 4.90 Å². The molecule has 0 aromatic heterocycles. The van der Waals surface area contributed by atoms with E-state index < -0.39 is 0 Å². The van der Waals surface area contributed by atoms with E-state index in [2.05, 4.69) is 30.9 Å². The van der Waals surface area contributed by atoms with E-state index in [1.165, 1.54) is 11.6 Å². The standard InChI is InChI=1S/C17H21FN2/c1-13(2)20(11-14-6-4-3-5-7-14)12-15-8-9-16(19)10-17(15)18/h3-10,13H,11-12,19H2,1-2H3. The lowest BCUT2D eigenvalue weighted by molar-refractivity contribution is 0.201. The third-order valence-corrected chi connectivity index (χ3v) is 3.41. The van der Waals surface area contributed by atoms with Gasteiger partial charge in [-0.25, -0.2) is 4.39 Å². The van der Waals surface area contributed by atoms with Gasteiger partial charge in [0.1, 0.15) is 5.82 Å². The van der Waals surface area contributed by atoms with Gasteiger partial charge in [-0.1, -0.05) is 36.4 Å². The molecule has 0 amide bonds. The second kappa shape index (κ2) is 6.53. The number of nitrogens with two attached hydrogens (primary N) is 1. The Morgan fingerprint density at radius 3 is 2.35 bits per heavy atom. The Morgan fingerprint density at radius 2 is 1.75 bits per heavy atom. The summed E-state index contributed by atoms with van der Waals surface area (Å²) in [5.74, 6) is -0.233. The van der Waals surface area contributed by atoms with E-state index in [4.69, 9.17) is 5.73 Å². The van der Waals surface area contributed by atoms with Crippen LogP contribution >= 0.6 is 0 Å². The maximum atomic E-state index is 13.9. The molecule has 0 saturated heterocycles. The summed E-state index contributed by atoms with van der Waals surface area (Å²) in [6, 6.07) is 15.5. The fraction of sp³-hybridized carbons (Fsp3) is 0.294. The molecule has 2 N–H and O–H groups in total. The van der Waals surface area contributed by atoms with Gasteiger partial charge < -0.3 is 5.73 Å². The van der Waals surface area contributed by atoms with Crippen LogP contribution < -0.4 is 5.73 Å². The number of hydrogen-bond donors (Lipinski definition) is 1. The Labute approximate surface area is 120 Å². The summed E-state index contributed by atoms with van der Waals surface area (Å²) in [7, 11) is 0. The van der Waals surface area contributed by atoms with Crippen LogP contribution in [0.3, 0.4) is 0 Å². The summed E-state index contributed by atoms with van der Waals surface area (Å²) in [4.78, 5) is 2.24. The predicted molar refractivity (Wildman–Crippen MR) is 81.6 cm³/mol. The first-order chi connectivity index (χ1) is 9.56. The number of hydrogen-bond acceptors (Lipinski definition) is 2. The molecule has 0 saturated carbocycles. The van der Waals surface area contributed by atoms with Gasteiger partial charge in [0.2, 0.25) is 0 Å². The quantitative estimate of drug-likeness (QED) is 0.838. The Hall–Kier alpha value is -1.87. The molecule has 2 aromatic carbocycles. The molecule has 0 aliphatic heterocycles. The van der Waals surface area contributed by atoms with E-state index in [0.29, 0.717) is 23.8 Å². The van der Waals surface area contributed by atoms with Gasteiger partial charge in [0.15, 0.2) is 0 Å². The van der Waals surface area contributed by atoms with Crippen LogP contribution in [0.25, 0.3) is 0 Å². The lowest BCUT2D eigenvalue weighted by Crippen LogP contribution is -2.30. The van der Waals surface area contributed by atoms with Gasteiger partial charge in [-0.2, -0.15) is 0 Å². The Kier molecular flexibility index (Phi) is 4.74.